The van der Waals surface area contributed by atoms with E-state index in [1.54, 1.807) is 5.38 Å². The van der Waals surface area contributed by atoms with Gasteiger partial charge in [-0.2, -0.15) is 13.2 Å². The summed E-state index contributed by atoms with van der Waals surface area (Å²) in [6.07, 6.45) is -3.01. The molecule has 0 aliphatic rings. The molecular weight excluding hydrogens is 421 g/mol. The van der Waals surface area contributed by atoms with Gasteiger partial charge >= 0.3 is 12.1 Å². The van der Waals surface area contributed by atoms with Gasteiger partial charge in [-0.3, -0.25) is 9.59 Å². The lowest BCUT2D eigenvalue weighted by Crippen LogP contribution is -2.29. The van der Waals surface area contributed by atoms with Gasteiger partial charge < -0.3 is 14.6 Å². The van der Waals surface area contributed by atoms with Crippen LogP contribution in [0.5, 0.6) is 0 Å². The van der Waals surface area contributed by atoms with Crippen molar-refractivity contribution in [2.75, 3.05) is 12.4 Å². The number of anilines is 1. The monoisotopic (exact) mass is 436 g/mol. The van der Waals surface area contributed by atoms with Crippen LogP contribution in [0.15, 0.2) is 58.8 Å². The smallest absolute Gasteiger partial charge is 0.416 e. The van der Waals surface area contributed by atoms with E-state index < -0.39 is 29.2 Å². The predicted molar refractivity (Wildman–Crippen MR) is 105 cm³/mol. The molecule has 2 heterocycles. The second-order valence-electron chi connectivity index (χ2n) is 6.16. The van der Waals surface area contributed by atoms with Gasteiger partial charge in [0.1, 0.15) is 10.4 Å². The summed E-state index contributed by atoms with van der Waals surface area (Å²) in [4.78, 5) is 37.1. The van der Waals surface area contributed by atoms with E-state index in [0.29, 0.717) is 5.56 Å². The molecule has 0 spiro atoms. The Morgan fingerprint density at radius 1 is 1.13 bits per heavy atom. The van der Waals surface area contributed by atoms with Gasteiger partial charge in [0.05, 0.1) is 24.9 Å². The summed E-state index contributed by atoms with van der Waals surface area (Å²) in [5.74, 6) is -1.33. The second-order valence-corrected chi connectivity index (χ2v) is 7.07. The number of hydrogen-bond donors (Lipinski definition) is 1. The summed E-state index contributed by atoms with van der Waals surface area (Å²) >= 11 is 1.08. The molecule has 0 fully saturated rings. The van der Waals surface area contributed by atoms with Crippen molar-refractivity contribution in [1.82, 2.24) is 4.57 Å². The number of esters is 1. The minimum atomic E-state index is -4.45. The number of aromatic nitrogens is 1. The number of halogens is 3. The minimum Gasteiger partial charge on any atom is -0.465 e. The van der Waals surface area contributed by atoms with E-state index >= 15 is 0 Å². The van der Waals surface area contributed by atoms with Crippen LogP contribution in [0.25, 0.3) is 0 Å². The quantitative estimate of drug-likeness (QED) is 0.613. The first-order valence-corrected chi connectivity index (χ1v) is 9.41. The van der Waals surface area contributed by atoms with Gasteiger partial charge in [-0.15, -0.1) is 11.3 Å². The molecule has 1 N–H and O–H groups in total. The molecule has 0 saturated carbocycles. The van der Waals surface area contributed by atoms with Gasteiger partial charge in [0, 0.05) is 6.20 Å². The molecule has 0 radical (unpaired) electrons. The Kier molecular flexibility index (Phi) is 6.06. The van der Waals surface area contributed by atoms with E-state index in [0.717, 1.165) is 23.5 Å². The Labute approximate surface area is 172 Å². The van der Waals surface area contributed by atoms with E-state index in [4.69, 9.17) is 0 Å². The highest BCUT2D eigenvalue weighted by Gasteiger charge is 2.30. The summed E-state index contributed by atoms with van der Waals surface area (Å²) < 4.78 is 43.9. The Morgan fingerprint density at radius 3 is 2.47 bits per heavy atom. The van der Waals surface area contributed by atoms with Crippen LogP contribution in [-0.2, 0) is 17.5 Å². The zero-order valence-corrected chi connectivity index (χ0v) is 16.3. The number of thiophene rings is 1. The highest BCUT2D eigenvalue weighted by molar-refractivity contribution is 7.12. The highest BCUT2D eigenvalue weighted by atomic mass is 32.1. The maximum absolute atomic E-state index is 12.7. The van der Waals surface area contributed by atoms with Crippen molar-refractivity contribution >= 4 is 28.9 Å². The number of amides is 1. The average molecular weight is 436 g/mol. The lowest BCUT2D eigenvalue weighted by molar-refractivity contribution is -0.137. The highest BCUT2D eigenvalue weighted by Crippen LogP contribution is 2.29. The fraction of sp³-hybridized carbons (Fsp3) is 0.150. The van der Waals surface area contributed by atoms with Gasteiger partial charge in [-0.1, -0.05) is 12.1 Å². The van der Waals surface area contributed by atoms with Gasteiger partial charge in [-0.25, -0.2) is 4.79 Å². The number of nitrogens with zero attached hydrogens (tertiary/aromatic N) is 1. The summed E-state index contributed by atoms with van der Waals surface area (Å²) in [7, 11) is 1.21. The third-order valence-corrected chi connectivity index (χ3v) is 5.08. The predicted octanol–water partition coefficient (Wildman–Crippen LogP) is 4.02. The number of nitrogens with one attached hydrogen (secondary N) is 1. The van der Waals surface area contributed by atoms with E-state index in [2.05, 4.69) is 10.1 Å². The molecule has 2 aromatic heterocycles. The molecular formula is C20H15F3N2O4S. The Hall–Kier alpha value is -3.40. The fourth-order valence-electron chi connectivity index (χ4n) is 2.68. The van der Waals surface area contributed by atoms with E-state index in [-0.39, 0.29) is 22.7 Å². The molecule has 3 rings (SSSR count). The molecule has 0 saturated heterocycles. The van der Waals surface area contributed by atoms with Crippen LogP contribution >= 0.6 is 11.3 Å². The molecule has 0 unspecified atom stereocenters. The molecule has 3 aromatic rings. The Morgan fingerprint density at radius 2 is 1.83 bits per heavy atom. The second kappa shape index (κ2) is 8.54. The van der Waals surface area contributed by atoms with Gasteiger partial charge in [-0.05, 0) is 41.3 Å². The third kappa shape index (κ3) is 4.60. The molecule has 10 heteroatoms. The van der Waals surface area contributed by atoms with Gasteiger partial charge in [0.2, 0.25) is 0 Å². The zero-order valence-electron chi connectivity index (χ0n) is 15.5. The number of carbonyl (C=O) groups is 2. The van der Waals surface area contributed by atoms with Crippen molar-refractivity contribution in [3.05, 3.63) is 86.0 Å². The molecule has 0 bridgehead atoms. The van der Waals surface area contributed by atoms with E-state index in [1.807, 2.05) is 0 Å². The zero-order chi connectivity index (χ0) is 21.9. The molecule has 0 atom stereocenters. The van der Waals surface area contributed by atoms with Crippen LogP contribution in [0.1, 0.15) is 31.2 Å². The number of carbonyl (C=O) groups excluding carboxylic acids is 2. The number of hydrogen-bond acceptors (Lipinski definition) is 5. The van der Waals surface area contributed by atoms with Crippen LogP contribution in [0.3, 0.4) is 0 Å². The van der Waals surface area contributed by atoms with Crippen molar-refractivity contribution in [1.29, 1.82) is 0 Å². The Balaban J connectivity index is 1.81. The van der Waals surface area contributed by atoms with Gasteiger partial charge in [0.25, 0.3) is 11.5 Å². The van der Waals surface area contributed by atoms with E-state index in [1.165, 1.54) is 48.2 Å². The number of benzene rings is 1. The molecule has 1 aromatic carbocycles. The molecule has 1 amide bonds. The normalized spacial score (nSPS) is 11.2. The summed E-state index contributed by atoms with van der Waals surface area (Å²) in [5.41, 5.74) is -0.900. The third-order valence-electron chi connectivity index (χ3n) is 4.18. The van der Waals surface area contributed by atoms with Crippen LogP contribution in [0.2, 0.25) is 0 Å². The molecule has 30 heavy (non-hydrogen) atoms. The summed E-state index contributed by atoms with van der Waals surface area (Å²) in [6, 6.07) is 8.73. The summed E-state index contributed by atoms with van der Waals surface area (Å²) in [6.45, 7) is -0.00997. The van der Waals surface area contributed by atoms with Crippen molar-refractivity contribution in [3.8, 4) is 0 Å². The number of methoxy groups -OCH3 is 1. The SMILES string of the molecule is COC(=O)c1sccc1NC(=O)c1cccn(Cc2ccc(C(F)(F)F)cc2)c1=O. The maximum atomic E-state index is 12.7. The first-order chi connectivity index (χ1) is 14.2. The largest absolute Gasteiger partial charge is 0.465 e. The van der Waals surface area contributed by atoms with Crippen LogP contribution in [-0.4, -0.2) is 23.6 Å². The first-order valence-electron chi connectivity index (χ1n) is 8.53. The maximum Gasteiger partial charge on any atom is 0.416 e. The van der Waals surface area contributed by atoms with Crippen LogP contribution < -0.4 is 10.9 Å². The van der Waals surface area contributed by atoms with Crippen LogP contribution in [0, 0.1) is 0 Å². The molecule has 6 nitrogen and oxygen atoms in total. The molecule has 156 valence electrons. The lowest BCUT2D eigenvalue weighted by Gasteiger charge is -2.10. The number of ether oxygens (including phenoxy) is 1. The van der Waals surface area contributed by atoms with Crippen molar-refractivity contribution in [2.24, 2.45) is 0 Å². The number of pyridine rings is 1. The van der Waals surface area contributed by atoms with Crippen molar-refractivity contribution in [3.63, 3.8) is 0 Å². The van der Waals surface area contributed by atoms with Crippen molar-refractivity contribution < 1.29 is 27.5 Å². The Bertz CT molecular complexity index is 1130. The lowest BCUT2D eigenvalue weighted by atomic mass is 10.1. The first kappa shape index (κ1) is 21.3. The van der Waals surface area contributed by atoms with E-state index in [9.17, 15) is 27.6 Å². The molecule has 0 aliphatic heterocycles. The minimum absolute atomic E-state index is 0.00997. The average Bonchev–Trinajstić information content (AvgIpc) is 3.16. The standard InChI is InChI=1S/C20H15F3N2O4S/c1-29-19(28)16-15(8-10-30-16)24-17(26)14-3-2-9-25(18(14)27)11-12-4-6-13(7-5-12)20(21,22)23/h2-10H,11H2,1H3,(H,24,26). The molecule has 0 aliphatic carbocycles. The van der Waals surface area contributed by atoms with Gasteiger partial charge in [0.15, 0.2) is 0 Å². The fourth-order valence-corrected chi connectivity index (χ4v) is 3.44. The van der Waals surface area contributed by atoms with Crippen molar-refractivity contribution in [2.45, 2.75) is 12.7 Å². The topological polar surface area (TPSA) is 77.4 Å². The summed E-state index contributed by atoms with van der Waals surface area (Å²) in [5, 5.41) is 4.10. The number of alkyl halides is 3. The van der Waals surface area contributed by atoms with Crippen LogP contribution in [0.4, 0.5) is 18.9 Å². The number of rotatable bonds is 5.